The molecule has 3 unspecified atom stereocenters. The fourth-order valence-corrected chi connectivity index (χ4v) is 2.37. The first-order valence-corrected chi connectivity index (χ1v) is 9.26. The van der Waals surface area contributed by atoms with Crippen molar-refractivity contribution in [1.82, 2.24) is 16.0 Å². The van der Waals surface area contributed by atoms with Crippen molar-refractivity contribution in [3.8, 4) is 0 Å². The van der Waals surface area contributed by atoms with Gasteiger partial charge in [-0.2, -0.15) is 11.8 Å². The molecular formula is C14H25N5O7S. The molecule has 27 heavy (non-hydrogen) atoms. The Balaban J connectivity index is 5.15. The number of rotatable bonds is 13. The Bertz CT molecular complexity index is 560. The summed E-state index contributed by atoms with van der Waals surface area (Å²) in [4.78, 5) is 58.1. The molecule has 3 atom stereocenters. The molecular weight excluding hydrogens is 382 g/mol. The summed E-state index contributed by atoms with van der Waals surface area (Å²) in [5.41, 5.74) is 10.2. The number of carboxylic acids is 1. The second kappa shape index (κ2) is 12.9. The fourth-order valence-electron chi connectivity index (χ4n) is 1.90. The van der Waals surface area contributed by atoms with Crippen LogP contribution in [0.15, 0.2) is 0 Å². The van der Waals surface area contributed by atoms with Crippen LogP contribution in [0.4, 0.5) is 0 Å². The highest BCUT2D eigenvalue weighted by Gasteiger charge is 2.30. The number of thioether (sulfide) groups is 1. The Hall–Kier alpha value is -2.38. The van der Waals surface area contributed by atoms with E-state index in [1.165, 1.54) is 11.8 Å². The molecule has 0 aromatic carbocycles. The molecule has 0 aliphatic rings. The minimum Gasteiger partial charge on any atom is -0.480 e. The molecule has 0 aliphatic heterocycles. The molecule has 0 radical (unpaired) electrons. The van der Waals surface area contributed by atoms with E-state index >= 15 is 0 Å². The lowest BCUT2D eigenvalue weighted by atomic mass is 10.1. The molecule has 0 fully saturated rings. The molecule has 9 N–H and O–H groups in total. The Morgan fingerprint density at radius 3 is 2.00 bits per heavy atom. The number of carbonyl (C=O) groups excluding carboxylic acids is 4. The standard InChI is InChI=1S/C14H25N5O7S/c1-27-3-2-7(14(25)26)18-12(23)8(4-10(16)21)19-13(24)9(6-20)17-11(22)5-15/h7-9,20H,2-6,15H2,1H3,(H2,16,21)(H,17,22)(H,18,23)(H,19,24)(H,25,26). The Kier molecular flexibility index (Phi) is 11.8. The number of nitrogens with one attached hydrogen (secondary N) is 3. The van der Waals surface area contributed by atoms with Gasteiger partial charge >= 0.3 is 5.97 Å². The van der Waals surface area contributed by atoms with E-state index in [-0.39, 0.29) is 6.42 Å². The zero-order valence-electron chi connectivity index (χ0n) is 14.8. The Labute approximate surface area is 159 Å². The zero-order chi connectivity index (χ0) is 21.0. The van der Waals surface area contributed by atoms with Crippen LogP contribution in [-0.4, -0.2) is 83.1 Å². The SMILES string of the molecule is CSCCC(NC(=O)C(CC(N)=O)NC(=O)C(CO)NC(=O)CN)C(=O)O. The maximum atomic E-state index is 12.3. The number of carboxylic acid groups (broad SMARTS) is 1. The molecule has 0 spiro atoms. The third kappa shape index (κ3) is 9.77. The van der Waals surface area contributed by atoms with Crippen LogP contribution in [0.2, 0.25) is 0 Å². The number of amides is 4. The van der Waals surface area contributed by atoms with Crippen molar-refractivity contribution in [1.29, 1.82) is 0 Å². The Morgan fingerprint density at radius 2 is 1.56 bits per heavy atom. The van der Waals surface area contributed by atoms with Crippen LogP contribution < -0.4 is 27.4 Å². The summed E-state index contributed by atoms with van der Waals surface area (Å²) in [5.74, 6) is -4.35. The van der Waals surface area contributed by atoms with Crippen molar-refractivity contribution >= 4 is 41.4 Å². The first-order chi connectivity index (χ1) is 12.7. The highest BCUT2D eigenvalue weighted by atomic mass is 32.2. The number of hydrogen-bond donors (Lipinski definition) is 7. The monoisotopic (exact) mass is 407 g/mol. The smallest absolute Gasteiger partial charge is 0.326 e. The van der Waals surface area contributed by atoms with Gasteiger partial charge in [0, 0.05) is 0 Å². The summed E-state index contributed by atoms with van der Waals surface area (Å²) < 4.78 is 0. The van der Waals surface area contributed by atoms with Gasteiger partial charge in [0.05, 0.1) is 19.6 Å². The molecule has 154 valence electrons. The molecule has 0 aromatic heterocycles. The highest BCUT2D eigenvalue weighted by molar-refractivity contribution is 7.98. The van der Waals surface area contributed by atoms with E-state index in [9.17, 15) is 29.1 Å². The number of primary amides is 1. The van der Waals surface area contributed by atoms with Gasteiger partial charge in [-0.05, 0) is 18.4 Å². The van der Waals surface area contributed by atoms with E-state index in [0.717, 1.165) is 0 Å². The number of nitrogens with two attached hydrogens (primary N) is 2. The number of aliphatic hydroxyl groups is 1. The van der Waals surface area contributed by atoms with Gasteiger partial charge in [0.25, 0.3) is 0 Å². The molecule has 0 rings (SSSR count). The van der Waals surface area contributed by atoms with Crippen molar-refractivity contribution < 1.29 is 34.2 Å². The first kappa shape index (κ1) is 24.6. The van der Waals surface area contributed by atoms with E-state index in [1.807, 2.05) is 0 Å². The van der Waals surface area contributed by atoms with Gasteiger partial charge in [-0.3, -0.25) is 19.2 Å². The van der Waals surface area contributed by atoms with Crippen molar-refractivity contribution in [3.05, 3.63) is 0 Å². The minimum absolute atomic E-state index is 0.130. The maximum absolute atomic E-state index is 12.3. The second-order valence-electron chi connectivity index (χ2n) is 5.42. The van der Waals surface area contributed by atoms with Crippen LogP contribution >= 0.6 is 11.8 Å². The average Bonchev–Trinajstić information content (AvgIpc) is 2.61. The lowest BCUT2D eigenvalue weighted by Gasteiger charge is -2.23. The normalized spacial score (nSPS) is 13.7. The first-order valence-electron chi connectivity index (χ1n) is 7.87. The molecule has 4 amide bonds. The molecule has 0 saturated carbocycles. The average molecular weight is 407 g/mol. The summed E-state index contributed by atoms with van der Waals surface area (Å²) in [6.07, 6.45) is 1.29. The van der Waals surface area contributed by atoms with Crippen LogP contribution in [0.25, 0.3) is 0 Å². The van der Waals surface area contributed by atoms with Crippen LogP contribution in [0, 0.1) is 0 Å². The lowest BCUT2D eigenvalue weighted by Crippen LogP contribution is -2.57. The van der Waals surface area contributed by atoms with Gasteiger partial charge in [-0.15, -0.1) is 0 Å². The van der Waals surface area contributed by atoms with Gasteiger partial charge < -0.3 is 37.6 Å². The van der Waals surface area contributed by atoms with Crippen LogP contribution in [0.3, 0.4) is 0 Å². The molecule has 0 heterocycles. The van der Waals surface area contributed by atoms with Gasteiger partial charge in [-0.25, -0.2) is 4.79 Å². The lowest BCUT2D eigenvalue weighted by molar-refractivity contribution is -0.142. The largest absolute Gasteiger partial charge is 0.480 e. The molecule has 0 aromatic rings. The molecule has 0 bridgehead atoms. The maximum Gasteiger partial charge on any atom is 0.326 e. The van der Waals surface area contributed by atoms with E-state index < -0.39 is 67.3 Å². The summed E-state index contributed by atoms with van der Waals surface area (Å²) in [6.45, 7) is -1.21. The van der Waals surface area contributed by atoms with E-state index in [1.54, 1.807) is 6.26 Å². The number of aliphatic hydroxyl groups excluding tert-OH is 1. The number of carbonyl (C=O) groups is 5. The molecule has 13 heteroatoms. The fraction of sp³-hybridized carbons (Fsp3) is 0.643. The molecule has 0 aliphatic carbocycles. The van der Waals surface area contributed by atoms with Crippen molar-refractivity contribution in [2.24, 2.45) is 11.5 Å². The predicted molar refractivity (Wildman–Crippen MR) is 96.4 cm³/mol. The van der Waals surface area contributed by atoms with Gasteiger partial charge in [0.2, 0.25) is 23.6 Å². The number of hydrogen-bond acceptors (Lipinski definition) is 8. The van der Waals surface area contributed by atoms with E-state index in [4.69, 9.17) is 16.6 Å². The van der Waals surface area contributed by atoms with Crippen LogP contribution in [-0.2, 0) is 24.0 Å². The summed E-state index contributed by atoms with van der Waals surface area (Å²) in [6, 6.07) is -4.10. The van der Waals surface area contributed by atoms with Gasteiger partial charge in [-0.1, -0.05) is 0 Å². The molecule has 12 nitrogen and oxygen atoms in total. The minimum atomic E-state index is -1.48. The number of aliphatic carboxylic acids is 1. The van der Waals surface area contributed by atoms with E-state index in [2.05, 4.69) is 16.0 Å². The quantitative estimate of drug-likeness (QED) is 0.159. The highest BCUT2D eigenvalue weighted by Crippen LogP contribution is 2.03. The summed E-state index contributed by atoms with van der Waals surface area (Å²) in [5, 5.41) is 24.9. The van der Waals surface area contributed by atoms with Crippen molar-refractivity contribution in [2.45, 2.75) is 31.0 Å². The van der Waals surface area contributed by atoms with Gasteiger partial charge in [0.15, 0.2) is 0 Å². The van der Waals surface area contributed by atoms with Gasteiger partial charge in [0.1, 0.15) is 18.1 Å². The Morgan fingerprint density at radius 1 is 1.00 bits per heavy atom. The predicted octanol–water partition coefficient (Wildman–Crippen LogP) is -3.90. The third-order valence-electron chi connectivity index (χ3n) is 3.28. The van der Waals surface area contributed by atoms with Crippen LogP contribution in [0.5, 0.6) is 0 Å². The third-order valence-corrected chi connectivity index (χ3v) is 3.93. The summed E-state index contributed by atoms with van der Waals surface area (Å²) in [7, 11) is 0. The zero-order valence-corrected chi connectivity index (χ0v) is 15.6. The summed E-state index contributed by atoms with van der Waals surface area (Å²) >= 11 is 1.38. The van der Waals surface area contributed by atoms with Crippen molar-refractivity contribution in [2.75, 3.05) is 25.2 Å². The topological polar surface area (TPSA) is 214 Å². The second-order valence-corrected chi connectivity index (χ2v) is 6.40. The molecule has 0 saturated heterocycles. The van der Waals surface area contributed by atoms with Crippen LogP contribution in [0.1, 0.15) is 12.8 Å². The van der Waals surface area contributed by atoms with Crippen molar-refractivity contribution in [3.63, 3.8) is 0 Å². The van der Waals surface area contributed by atoms with E-state index in [0.29, 0.717) is 5.75 Å².